The lowest BCUT2D eigenvalue weighted by Crippen LogP contribution is -2.46. The molecular formula is C17H25ClN2O3. The van der Waals surface area contributed by atoms with Crippen molar-refractivity contribution in [1.29, 1.82) is 0 Å². The Morgan fingerprint density at radius 3 is 2.91 bits per heavy atom. The molecule has 1 fully saturated rings. The van der Waals surface area contributed by atoms with Gasteiger partial charge in [0.05, 0.1) is 7.11 Å². The normalized spacial score (nSPS) is 17.1. The first-order chi connectivity index (χ1) is 10.7. The standard InChI is InChI=1S/C17H24N2O3.ClH/c1-4-10-22-15-8-7-13(11-16(15)21-3)17(20)19-9-5-6-14(12-19)18-2;/h4,7-8,11,14,18H,1,5-6,9-10,12H2,2-3H3;1H. The van der Waals surface area contributed by atoms with Crippen LogP contribution in [0.4, 0.5) is 0 Å². The van der Waals surface area contributed by atoms with E-state index in [9.17, 15) is 4.79 Å². The maximum atomic E-state index is 12.6. The van der Waals surface area contributed by atoms with Gasteiger partial charge in [0.2, 0.25) is 0 Å². The summed E-state index contributed by atoms with van der Waals surface area (Å²) in [5, 5.41) is 3.25. The predicted molar refractivity (Wildman–Crippen MR) is 93.9 cm³/mol. The lowest BCUT2D eigenvalue weighted by atomic mass is 10.0. The lowest BCUT2D eigenvalue weighted by molar-refractivity contribution is 0.0698. The SMILES string of the molecule is C=CCOc1ccc(C(=O)N2CCCC(NC)C2)cc1OC.Cl. The van der Waals surface area contributed by atoms with Crippen LogP contribution < -0.4 is 14.8 Å². The van der Waals surface area contributed by atoms with E-state index < -0.39 is 0 Å². The summed E-state index contributed by atoms with van der Waals surface area (Å²) in [6.07, 6.45) is 3.80. The summed E-state index contributed by atoms with van der Waals surface area (Å²) in [4.78, 5) is 14.5. The number of ether oxygens (including phenoxy) is 2. The molecule has 128 valence electrons. The van der Waals surface area contributed by atoms with E-state index in [1.54, 1.807) is 31.4 Å². The molecule has 1 aromatic rings. The first-order valence-corrected chi connectivity index (χ1v) is 7.58. The van der Waals surface area contributed by atoms with E-state index in [1.807, 2.05) is 11.9 Å². The van der Waals surface area contributed by atoms with Crippen molar-refractivity contribution in [3.8, 4) is 11.5 Å². The van der Waals surface area contributed by atoms with Crippen molar-refractivity contribution in [3.63, 3.8) is 0 Å². The summed E-state index contributed by atoms with van der Waals surface area (Å²) in [7, 11) is 3.51. The fourth-order valence-corrected chi connectivity index (χ4v) is 2.65. The van der Waals surface area contributed by atoms with Crippen molar-refractivity contribution in [2.24, 2.45) is 0 Å². The Morgan fingerprint density at radius 1 is 1.48 bits per heavy atom. The molecule has 0 radical (unpaired) electrons. The van der Waals surface area contributed by atoms with Crippen LogP contribution in [-0.2, 0) is 0 Å². The zero-order valence-electron chi connectivity index (χ0n) is 13.7. The van der Waals surface area contributed by atoms with E-state index in [2.05, 4.69) is 11.9 Å². The number of hydrogen-bond acceptors (Lipinski definition) is 4. The molecule has 1 aromatic carbocycles. The van der Waals surface area contributed by atoms with Gasteiger partial charge in [0, 0.05) is 24.7 Å². The smallest absolute Gasteiger partial charge is 0.254 e. The molecule has 1 atom stereocenters. The van der Waals surface area contributed by atoms with Gasteiger partial charge in [0.25, 0.3) is 5.91 Å². The van der Waals surface area contributed by atoms with Crippen molar-refractivity contribution in [2.75, 3.05) is 33.9 Å². The topological polar surface area (TPSA) is 50.8 Å². The Kier molecular flexibility index (Phi) is 7.92. The van der Waals surface area contributed by atoms with Crippen LogP contribution in [0, 0.1) is 0 Å². The van der Waals surface area contributed by atoms with Crippen molar-refractivity contribution >= 4 is 18.3 Å². The number of rotatable bonds is 6. The third-order valence-electron chi connectivity index (χ3n) is 3.88. The van der Waals surface area contributed by atoms with Crippen LogP contribution in [0.25, 0.3) is 0 Å². The Morgan fingerprint density at radius 2 is 2.26 bits per heavy atom. The molecule has 23 heavy (non-hydrogen) atoms. The number of likely N-dealkylation sites (tertiary alicyclic amines) is 1. The minimum atomic E-state index is 0. The van der Waals surface area contributed by atoms with Gasteiger partial charge in [-0.3, -0.25) is 4.79 Å². The second-order valence-electron chi connectivity index (χ2n) is 5.34. The minimum absolute atomic E-state index is 0. The molecule has 1 amide bonds. The maximum Gasteiger partial charge on any atom is 0.254 e. The van der Waals surface area contributed by atoms with Gasteiger partial charge in [-0.2, -0.15) is 0 Å². The number of piperidine rings is 1. The highest BCUT2D eigenvalue weighted by Gasteiger charge is 2.24. The number of carbonyl (C=O) groups is 1. The van der Waals surface area contributed by atoms with E-state index in [1.165, 1.54) is 0 Å². The molecule has 0 aliphatic carbocycles. The fourth-order valence-electron chi connectivity index (χ4n) is 2.65. The number of likely N-dealkylation sites (N-methyl/N-ethyl adjacent to an activating group) is 1. The summed E-state index contributed by atoms with van der Waals surface area (Å²) in [5.74, 6) is 1.22. The molecule has 1 aliphatic heterocycles. The largest absolute Gasteiger partial charge is 0.493 e. The van der Waals surface area contributed by atoms with Crippen LogP contribution >= 0.6 is 12.4 Å². The van der Waals surface area contributed by atoms with Gasteiger partial charge in [-0.05, 0) is 38.1 Å². The molecule has 0 saturated carbocycles. The summed E-state index contributed by atoms with van der Waals surface area (Å²) in [5.41, 5.74) is 0.625. The summed E-state index contributed by atoms with van der Waals surface area (Å²) in [6.45, 7) is 5.57. The summed E-state index contributed by atoms with van der Waals surface area (Å²) in [6, 6.07) is 5.67. The Balaban J connectivity index is 0.00000264. The number of amides is 1. The number of hydrogen-bond donors (Lipinski definition) is 1. The zero-order valence-corrected chi connectivity index (χ0v) is 14.5. The number of nitrogens with zero attached hydrogens (tertiary/aromatic N) is 1. The van der Waals surface area contributed by atoms with Crippen LogP contribution in [0.2, 0.25) is 0 Å². The molecule has 5 nitrogen and oxygen atoms in total. The Hall–Kier alpha value is -1.72. The fraction of sp³-hybridized carbons (Fsp3) is 0.471. The molecule has 0 bridgehead atoms. The Bertz CT molecular complexity index is 537. The highest BCUT2D eigenvalue weighted by molar-refractivity contribution is 5.95. The van der Waals surface area contributed by atoms with Gasteiger partial charge in [-0.1, -0.05) is 12.7 Å². The average molecular weight is 341 g/mol. The molecule has 1 heterocycles. The van der Waals surface area contributed by atoms with E-state index in [-0.39, 0.29) is 18.3 Å². The molecule has 1 N–H and O–H groups in total. The first kappa shape index (κ1) is 19.3. The number of methoxy groups -OCH3 is 1. The third kappa shape index (κ3) is 4.88. The average Bonchev–Trinajstić information content (AvgIpc) is 2.59. The van der Waals surface area contributed by atoms with Crippen molar-refractivity contribution in [2.45, 2.75) is 18.9 Å². The first-order valence-electron chi connectivity index (χ1n) is 7.58. The number of nitrogens with one attached hydrogen (secondary N) is 1. The summed E-state index contributed by atoms with van der Waals surface area (Å²) < 4.78 is 10.8. The second kappa shape index (κ2) is 9.43. The molecular weight excluding hydrogens is 316 g/mol. The molecule has 1 unspecified atom stereocenters. The molecule has 2 rings (SSSR count). The molecule has 1 saturated heterocycles. The van der Waals surface area contributed by atoms with E-state index in [0.29, 0.717) is 29.7 Å². The van der Waals surface area contributed by atoms with Crippen molar-refractivity contribution in [1.82, 2.24) is 10.2 Å². The third-order valence-corrected chi connectivity index (χ3v) is 3.88. The van der Waals surface area contributed by atoms with Crippen LogP contribution in [0.3, 0.4) is 0 Å². The van der Waals surface area contributed by atoms with Gasteiger partial charge < -0.3 is 19.7 Å². The highest BCUT2D eigenvalue weighted by Crippen LogP contribution is 2.29. The second-order valence-corrected chi connectivity index (χ2v) is 5.34. The summed E-state index contributed by atoms with van der Waals surface area (Å²) >= 11 is 0. The van der Waals surface area contributed by atoms with Gasteiger partial charge in [-0.15, -0.1) is 12.4 Å². The van der Waals surface area contributed by atoms with Gasteiger partial charge in [-0.25, -0.2) is 0 Å². The number of benzene rings is 1. The van der Waals surface area contributed by atoms with Crippen molar-refractivity contribution in [3.05, 3.63) is 36.4 Å². The highest BCUT2D eigenvalue weighted by atomic mass is 35.5. The molecule has 0 spiro atoms. The quantitative estimate of drug-likeness (QED) is 0.808. The molecule has 1 aliphatic rings. The predicted octanol–water partition coefficient (Wildman–Crippen LogP) is 2.51. The number of halogens is 1. The van der Waals surface area contributed by atoms with Gasteiger partial charge >= 0.3 is 0 Å². The Labute approximate surface area is 144 Å². The minimum Gasteiger partial charge on any atom is -0.493 e. The van der Waals surface area contributed by atoms with Gasteiger partial charge in [0.1, 0.15) is 6.61 Å². The molecule has 6 heteroatoms. The van der Waals surface area contributed by atoms with Crippen LogP contribution in [0.5, 0.6) is 11.5 Å². The van der Waals surface area contributed by atoms with E-state index >= 15 is 0 Å². The lowest BCUT2D eigenvalue weighted by Gasteiger charge is -2.32. The van der Waals surface area contributed by atoms with E-state index in [0.717, 1.165) is 25.9 Å². The zero-order chi connectivity index (χ0) is 15.9. The maximum absolute atomic E-state index is 12.6. The van der Waals surface area contributed by atoms with Crippen LogP contribution in [0.15, 0.2) is 30.9 Å². The monoisotopic (exact) mass is 340 g/mol. The van der Waals surface area contributed by atoms with Gasteiger partial charge in [0.15, 0.2) is 11.5 Å². The number of carbonyl (C=O) groups excluding carboxylic acids is 1. The van der Waals surface area contributed by atoms with Crippen molar-refractivity contribution < 1.29 is 14.3 Å². The van der Waals surface area contributed by atoms with Crippen LogP contribution in [0.1, 0.15) is 23.2 Å². The van der Waals surface area contributed by atoms with Crippen LogP contribution in [-0.4, -0.2) is 50.7 Å². The molecule has 0 aromatic heterocycles. The van der Waals surface area contributed by atoms with E-state index in [4.69, 9.17) is 9.47 Å².